The smallest absolute Gasteiger partial charge is 0.0850 e. The van der Waals surface area contributed by atoms with Gasteiger partial charge in [-0.05, 0) is 37.0 Å². The summed E-state index contributed by atoms with van der Waals surface area (Å²) in [6, 6.07) is 0.181. The Kier molecular flexibility index (Phi) is 5.37. The van der Waals surface area contributed by atoms with Crippen LogP contribution in [0.1, 0.15) is 64.3 Å². The van der Waals surface area contributed by atoms with Crippen molar-refractivity contribution in [3.63, 3.8) is 0 Å². The largest absolute Gasteiger partial charge is 0.327 e. The molecule has 120 valence electrons. The van der Waals surface area contributed by atoms with Crippen LogP contribution in [-0.4, -0.2) is 15.8 Å². The Hall–Kier alpha value is -0.540. The maximum absolute atomic E-state index is 6.68. The SMILES string of the molecule is CCc1nn(C)c(CC(N)C2(CC(C)C)CCCC2)c1Cl. The fourth-order valence-electron chi connectivity index (χ4n) is 4.08. The van der Waals surface area contributed by atoms with E-state index in [1.165, 1.54) is 32.1 Å². The molecule has 3 nitrogen and oxygen atoms in total. The Morgan fingerprint density at radius 3 is 2.43 bits per heavy atom. The molecule has 1 atom stereocenters. The van der Waals surface area contributed by atoms with Gasteiger partial charge >= 0.3 is 0 Å². The fourth-order valence-corrected chi connectivity index (χ4v) is 4.46. The summed E-state index contributed by atoms with van der Waals surface area (Å²) in [5, 5.41) is 5.35. The minimum Gasteiger partial charge on any atom is -0.327 e. The normalized spacial score (nSPS) is 19.4. The van der Waals surface area contributed by atoms with Gasteiger partial charge in [-0.3, -0.25) is 4.68 Å². The van der Waals surface area contributed by atoms with Crippen LogP contribution in [0.15, 0.2) is 0 Å². The fraction of sp³-hybridized carbons (Fsp3) is 0.824. The van der Waals surface area contributed by atoms with E-state index in [1.807, 2.05) is 11.7 Å². The molecule has 1 saturated carbocycles. The van der Waals surface area contributed by atoms with E-state index in [-0.39, 0.29) is 6.04 Å². The molecule has 0 saturated heterocycles. The zero-order valence-electron chi connectivity index (χ0n) is 14.0. The van der Waals surface area contributed by atoms with Gasteiger partial charge < -0.3 is 5.73 Å². The average molecular weight is 312 g/mol. The third kappa shape index (κ3) is 3.45. The van der Waals surface area contributed by atoms with Crippen molar-refractivity contribution in [3.8, 4) is 0 Å². The molecule has 0 bridgehead atoms. The molecule has 2 N–H and O–H groups in total. The quantitative estimate of drug-likeness (QED) is 0.859. The first-order valence-corrected chi connectivity index (χ1v) is 8.73. The minimum absolute atomic E-state index is 0.181. The third-order valence-electron chi connectivity index (χ3n) is 5.12. The summed E-state index contributed by atoms with van der Waals surface area (Å²) in [6.45, 7) is 6.70. The average Bonchev–Trinajstić information content (AvgIpc) is 2.98. The summed E-state index contributed by atoms with van der Waals surface area (Å²) < 4.78 is 1.93. The van der Waals surface area contributed by atoms with Gasteiger partial charge in [0.25, 0.3) is 0 Å². The van der Waals surface area contributed by atoms with Crippen LogP contribution in [-0.2, 0) is 19.9 Å². The van der Waals surface area contributed by atoms with Gasteiger partial charge in [-0.1, -0.05) is 45.2 Å². The standard InChI is InChI=1S/C17H30ClN3/c1-5-13-16(18)14(21(4)20-13)10-15(19)17(11-12(2)3)8-6-7-9-17/h12,15H,5-11,19H2,1-4H3. The molecule has 21 heavy (non-hydrogen) atoms. The van der Waals surface area contributed by atoms with E-state index in [9.17, 15) is 0 Å². The van der Waals surface area contributed by atoms with E-state index in [0.717, 1.165) is 29.3 Å². The Balaban J connectivity index is 2.19. The Labute approximate surface area is 134 Å². The maximum Gasteiger partial charge on any atom is 0.0850 e. The molecule has 2 rings (SSSR count). The second-order valence-electron chi connectivity index (χ2n) is 7.16. The molecule has 1 aliphatic carbocycles. The number of nitrogens with zero attached hydrogens (tertiary/aromatic N) is 2. The summed E-state index contributed by atoms with van der Waals surface area (Å²) in [5.41, 5.74) is 9.08. The number of halogens is 1. The molecule has 0 amide bonds. The number of aryl methyl sites for hydroxylation is 2. The Morgan fingerprint density at radius 1 is 1.33 bits per heavy atom. The Morgan fingerprint density at radius 2 is 1.95 bits per heavy atom. The highest BCUT2D eigenvalue weighted by atomic mass is 35.5. The van der Waals surface area contributed by atoms with E-state index in [0.29, 0.717) is 11.3 Å². The van der Waals surface area contributed by atoms with Crippen LogP contribution in [0, 0.1) is 11.3 Å². The van der Waals surface area contributed by atoms with E-state index in [2.05, 4.69) is 25.9 Å². The van der Waals surface area contributed by atoms with Crippen molar-refractivity contribution in [1.82, 2.24) is 9.78 Å². The monoisotopic (exact) mass is 311 g/mol. The number of nitrogens with two attached hydrogens (primary N) is 1. The molecule has 1 aromatic heterocycles. The summed E-state index contributed by atoms with van der Waals surface area (Å²) in [7, 11) is 1.98. The van der Waals surface area contributed by atoms with E-state index in [4.69, 9.17) is 17.3 Å². The van der Waals surface area contributed by atoms with Gasteiger partial charge in [-0.25, -0.2) is 0 Å². The van der Waals surface area contributed by atoms with Gasteiger partial charge in [0.1, 0.15) is 0 Å². The molecule has 4 heteroatoms. The first-order valence-electron chi connectivity index (χ1n) is 8.35. The van der Waals surface area contributed by atoms with Gasteiger partial charge in [-0.15, -0.1) is 0 Å². The van der Waals surface area contributed by atoms with Crippen molar-refractivity contribution in [2.24, 2.45) is 24.1 Å². The molecular formula is C17H30ClN3. The lowest BCUT2D eigenvalue weighted by atomic mass is 9.71. The lowest BCUT2D eigenvalue weighted by Gasteiger charge is -2.37. The molecule has 0 aliphatic heterocycles. The van der Waals surface area contributed by atoms with Crippen LogP contribution in [0.3, 0.4) is 0 Å². The third-order valence-corrected chi connectivity index (χ3v) is 5.55. The van der Waals surface area contributed by atoms with Crippen LogP contribution in [0.4, 0.5) is 0 Å². The predicted octanol–water partition coefficient (Wildman–Crippen LogP) is 4.11. The molecule has 0 radical (unpaired) electrons. The zero-order chi connectivity index (χ0) is 15.6. The lowest BCUT2D eigenvalue weighted by Crippen LogP contribution is -2.42. The molecule has 1 heterocycles. The topological polar surface area (TPSA) is 43.8 Å². The number of hydrogen-bond acceptors (Lipinski definition) is 2. The minimum atomic E-state index is 0.181. The Bertz CT molecular complexity index is 473. The summed E-state index contributed by atoms with van der Waals surface area (Å²) in [4.78, 5) is 0. The van der Waals surface area contributed by atoms with Crippen molar-refractivity contribution in [2.75, 3.05) is 0 Å². The van der Waals surface area contributed by atoms with Crippen LogP contribution >= 0.6 is 11.6 Å². The number of rotatable bonds is 6. The second kappa shape index (κ2) is 6.70. The second-order valence-corrected chi connectivity index (χ2v) is 7.54. The highest BCUT2D eigenvalue weighted by Crippen LogP contribution is 2.46. The van der Waals surface area contributed by atoms with Crippen LogP contribution in [0.2, 0.25) is 5.02 Å². The van der Waals surface area contributed by atoms with E-state index >= 15 is 0 Å². The molecular weight excluding hydrogens is 282 g/mol. The number of aromatic nitrogens is 2. The number of hydrogen-bond donors (Lipinski definition) is 1. The van der Waals surface area contributed by atoms with Crippen molar-refractivity contribution < 1.29 is 0 Å². The van der Waals surface area contributed by atoms with Crippen molar-refractivity contribution in [1.29, 1.82) is 0 Å². The molecule has 1 unspecified atom stereocenters. The van der Waals surface area contributed by atoms with Gasteiger partial charge in [0.2, 0.25) is 0 Å². The highest BCUT2D eigenvalue weighted by Gasteiger charge is 2.40. The maximum atomic E-state index is 6.68. The van der Waals surface area contributed by atoms with Crippen molar-refractivity contribution in [2.45, 2.75) is 71.8 Å². The van der Waals surface area contributed by atoms with Gasteiger partial charge in [0.15, 0.2) is 0 Å². The lowest BCUT2D eigenvalue weighted by molar-refractivity contribution is 0.180. The van der Waals surface area contributed by atoms with Crippen molar-refractivity contribution >= 4 is 11.6 Å². The molecule has 0 spiro atoms. The van der Waals surface area contributed by atoms with E-state index < -0.39 is 0 Å². The van der Waals surface area contributed by atoms with Crippen LogP contribution in [0.25, 0.3) is 0 Å². The molecule has 1 aliphatic rings. The first-order chi connectivity index (χ1) is 9.89. The van der Waals surface area contributed by atoms with Crippen molar-refractivity contribution in [3.05, 3.63) is 16.4 Å². The molecule has 0 aromatic carbocycles. The predicted molar refractivity (Wildman–Crippen MR) is 89.6 cm³/mol. The van der Waals surface area contributed by atoms with Gasteiger partial charge in [0, 0.05) is 19.5 Å². The summed E-state index contributed by atoms with van der Waals surface area (Å²) in [6.07, 6.45) is 8.11. The van der Waals surface area contributed by atoms with Crippen LogP contribution < -0.4 is 5.73 Å². The van der Waals surface area contributed by atoms with Gasteiger partial charge in [0.05, 0.1) is 16.4 Å². The zero-order valence-corrected chi connectivity index (χ0v) is 14.7. The highest BCUT2D eigenvalue weighted by molar-refractivity contribution is 6.31. The summed E-state index contributed by atoms with van der Waals surface area (Å²) in [5.74, 6) is 0.697. The van der Waals surface area contributed by atoms with E-state index in [1.54, 1.807) is 0 Å². The molecule has 1 fully saturated rings. The summed E-state index contributed by atoms with van der Waals surface area (Å²) >= 11 is 6.49. The van der Waals surface area contributed by atoms with Crippen LogP contribution in [0.5, 0.6) is 0 Å². The van der Waals surface area contributed by atoms with Gasteiger partial charge in [-0.2, -0.15) is 5.10 Å². The first kappa shape index (κ1) is 16.8. The molecule has 1 aromatic rings.